The van der Waals surface area contributed by atoms with E-state index in [1.807, 2.05) is 47.4 Å². The van der Waals surface area contributed by atoms with Gasteiger partial charge in [-0.15, -0.1) is 0 Å². The van der Waals surface area contributed by atoms with E-state index < -0.39 is 0 Å². The van der Waals surface area contributed by atoms with E-state index in [0.717, 1.165) is 54.9 Å². The van der Waals surface area contributed by atoms with Gasteiger partial charge in [-0.05, 0) is 43.0 Å². The van der Waals surface area contributed by atoms with Gasteiger partial charge in [0.1, 0.15) is 5.75 Å². The lowest BCUT2D eigenvalue weighted by atomic mass is 9.94. The summed E-state index contributed by atoms with van der Waals surface area (Å²) in [5.74, 6) is 0.982. The van der Waals surface area contributed by atoms with Gasteiger partial charge in [0, 0.05) is 31.0 Å². The number of likely N-dealkylation sites (tertiary alicyclic amines) is 1. The molecule has 2 aromatic carbocycles. The number of rotatable bonds is 8. The Kier molecular flexibility index (Phi) is 7.28. The molecule has 0 radical (unpaired) electrons. The molecule has 1 aliphatic heterocycles. The zero-order chi connectivity index (χ0) is 19.8. The van der Waals surface area contributed by atoms with Crippen molar-refractivity contribution in [1.82, 2.24) is 15.5 Å². The van der Waals surface area contributed by atoms with Crippen molar-refractivity contribution in [2.45, 2.75) is 31.8 Å². The van der Waals surface area contributed by atoms with Crippen molar-refractivity contribution >= 4 is 11.6 Å². The number of methoxy groups -OCH3 is 1. The summed E-state index contributed by atoms with van der Waals surface area (Å²) in [4.78, 5) is 14.8. The summed E-state index contributed by atoms with van der Waals surface area (Å²) in [5.41, 5.74) is 8.72. The van der Waals surface area contributed by atoms with Gasteiger partial charge in [0.15, 0.2) is 0 Å². The molecule has 3 rings (SSSR count). The Hall–Kier alpha value is -2.57. The molecule has 6 heteroatoms. The van der Waals surface area contributed by atoms with E-state index in [1.165, 1.54) is 0 Å². The van der Waals surface area contributed by atoms with Gasteiger partial charge in [-0.1, -0.05) is 30.3 Å². The number of nitrogens with one attached hydrogen (secondary N) is 2. The maximum atomic E-state index is 12.8. The smallest absolute Gasteiger partial charge is 0.237 e. The van der Waals surface area contributed by atoms with Crippen LogP contribution in [0.2, 0.25) is 0 Å². The molecule has 1 atom stereocenters. The number of nitrogen functional groups attached to an aromatic ring is 1. The first-order chi connectivity index (χ1) is 13.7. The Labute approximate surface area is 167 Å². The molecule has 1 unspecified atom stereocenters. The average Bonchev–Trinajstić information content (AvgIpc) is 2.74. The fourth-order valence-electron chi connectivity index (χ4n) is 3.70. The number of nitrogens with two attached hydrogens (primary N) is 1. The van der Waals surface area contributed by atoms with Crippen LogP contribution in [0, 0.1) is 0 Å². The maximum absolute atomic E-state index is 12.8. The minimum absolute atomic E-state index is 0.0851. The second-order valence-corrected chi connectivity index (χ2v) is 7.11. The van der Waals surface area contributed by atoms with Crippen LogP contribution in [0.1, 0.15) is 36.4 Å². The van der Waals surface area contributed by atoms with Crippen LogP contribution in [0.5, 0.6) is 5.75 Å². The fraction of sp³-hybridized carbons (Fsp3) is 0.409. The van der Waals surface area contributed by atoms with Crippen LogP contribution in [0.15, 0.2) is 48.5 Å². The molecule has 0 aromatic heterocycles. The molecule has 1 fully saturated rings. The van der Waals surface area contributed by atoms with Crippen molar-refractivity contribution in [3.8, 4) is 5.75 Å². The van der Waals surface area contributed by atoms with Crippen LogP contribution in [-0.4, -0.2) is 37.7 Å². The number of piperidine rings is 1. The Morgan fingerprint density at radius 1 is 1.14 bits per heavy atom. The lowest BCUT2D eigenvalue weighted by Gasteiger charge is -2.36. The van der Waals surface area contributed by atoms with Gasteiger partial charge in [-0.25, -0.2) is 0 Å². The van der Waals surface area contributed by atoms with E-state index in [9.17, 15) is 4.79 Å². The standard InChI is InChI=1S/C22H30N4O2/c1-28-21-8-3-2-6-19(21)20-7-4-5-13-26(20)22(27)15-25-16-24-14-17-9-11-18(23)12-10-17/h2-3,6,8-12,20,24-25H,4-5,7,13-16,23H2,1H3. The van der Waals surface area contributed by atoms with Gasteiger partial charge in [0.05, 0.1) is 19.7 Å². The van der Waals surface area contributed by atoms with Crippen molar-refractivity contribution < 1.29 is 9.53 Å². The first-order valence-corrected chi connectivity index (χ1v) is 9.87. The summed E-state index contributed by atoms with van der Waals surface area (Å²) in [6, 6.07) is 15.9. The van der Waals surface area contributed by atoms with Gasteiger partial charge in [-0.2, -0.15) is 0 Å². The highest BCUT2D eigenvalue weighted by molar-refractivity contribution is 5.79. The lowest BCUT2D eigenvalue weighted by molar-refractivity contribution is -0.134. The van der Waals surface area contributed by atoms with Crippen molar-refractivity contribution in [3.63, 3.8) is 0 Å². The van der Waals surface area contributed by atoms with Gasteiger partial charge >= 0.3 is 0 Å². The molecule has 1 saturated heterocycles. The third-order valence-electron chi connectivity index (χ3n) is 5.16. The number of benzene rings is 2. The molecule has 0 spiro atoms. The summed E-state index contributed by atoms with van der Waals surface area (Å²) in [5, 5.41) is 6.50. The molecule has 28 heavy (non-hydrogen) atoms. The van der Waals surface area contributed by atoms with Crippen LogP contribution in [0.4, 0.5) is 5.69 Å². The molecule has 0 aliphatic carbocycles. The first kappa shape index (κ1) is 20.2. The number of hydrogen-bond donors (Lipinski definition) is 3. The van der Waals surface area contributed by atoms with Crippen LogP contribution in [0.25, 0.3) is 0 Å². The molecule has 6 nitrogen and oxygen atoms in total. The molecule has 0 saturated carbocycles. The zero-order valence-electron chi connectivity index (χ0n) is 16.5. The highest BCUT2D eigenvalue weighted by atomic mass is 16.5. The molecule has 4 N–H and O–H groups in total. The first-order valence-electron chi connectivity index (χ1n) is 9.87. The summed E-state index contributed by atoms with van der Waals surface area (Å²) in [6.07, 6.45) is 3.15. The van der Waals surface area contributed by atoms with Crippen LogP contribution in [-0.2, 0) is 11.3 Å². The Bertz CT molecular complexity index is 763. The fourth-order valence-corrected chi connectivity index (χ4v) is 3.70. The van der Waals surface area contributed by atoms with Crippen LogP contribution in [0.3, 0.4) is 0 Å². The van der Waals surface area contributed by atoms with Crippen LogP contribution < -0.4 is 21.1 Å². The van der Waals surface area contributed by atoms with E-state index in [0.29, 0.717) is 13.2 Å². The number of carbonyl (C=O) groups is 1. The number of anilines is 1. The molecular formula is C22H30N4O2. The molecule has 1 amide bonds. The average molecular weight is 383 g/mol. The quantitative estimate of drug-likeness (QED) is 0.372. The van der Waals surface area contributed by atoms with Crippen molar-refractivity contribution in [2.24, 2.45) is 0 Å². The monoisotopic (exact) mass is 382 g/mol. The third kappa shape index (κ3) is 5.24. The number of para-hydroxylation sites is 1. The van der Waals surface area contributed by atoms with Gasteiger partial charge in [-0.3, -0.25) is 10.1 Å². The number of hydrogen-bond acceptors (Lipinski definition) is 5. The SMILES string of the molecule is COc1ccccc1C1CCCCN1C(=O)CNCNCc1ccc(N)cc1. The molecule has 150 valence electrons. The van der Waals surface area contributed by atoms with Gasteiger partial charge in [0.25, 0.3) is 0 Å². The topological polar surface area (TPSA) is 79.6 Å². The summed E-state index contributed by atoms with van der Waals surface area (Å²) >= 11 is 0. The number of ether oxygens (including phenoxy) is 1. The third-order valence-corrected chi connectivity index (χ3v) is 5.16. The van der Waals surface area contributed by atoms with E-state index in [2.05, 4.69) is 16.7 Å². The minimum atomic E-state index is 0.0851. The maximum Gasteiger partial charge on any atom is 0.237 e. The van der Waals surface area contributed by atoms with E-state index >= 15 is 0 Å². The van der Waals surface area contributed by atoms with E-state index in [4.69, 9.17) is 10.5 Å². The normalized spacial score (nSPS) is 16.8. The zero-order valence-corrected chi connectivity index (χ0v) is 16.5. The van der Waals surface area contributed by atoms with E-state index in [1.54, 1.807) is 7.11 Å². The number of carbonyl (C=O) groups excluding carboxylic acids is 1. The molecule has 2 aromatic rings. The Balaban J connectivity index is 1.50. The second kappa shape index (κ2) is 10.1. The van der Waals surface area contributed by atoms with Gasteiger partial charge in [0.2, 0.25) is 5.91 Å². The lowest BCUT2D eigenvalue weighted by Crippen LogP contribution is -2.44. The van der Waals surface area contributed by atoms with Crippen molar-refractivity contribution in [1.29, 1.82) is 0 Å². The summed E-state index contributed by atoms with van der Waals surface area (Å²) < 4.78 is 5.52. The predicted octanol–water partition coefficient (Wildman–Crippen LogP) is 2.67. The number of amides is 1. The summed E-state index contributed by atoms with van der Waals surface area (Å²) in [7, 11) is 1.68. The highest BCUT2D eigenvalue weighted by Crippen LogP contribution is 2.35. The minimum Gasteiger partial charge on any atom is -0.496 e. The van der Waals surface area contributed by atoms with E-state index in [-0.39, 0.29) is 11.9 Å². The predicted molar refractivity (Wildman–Crippen MR) is 112 cm³/mol. The molecule has 1 aliphatic rings. The van der Waals surface area contributed by atoms with Crippen molar-refractivity contribution in [3.05, 3.63) is 59.7 Å². The van der Waals surface area contributed by atoms with Crippen LogP contribution >= 0.6 is 0 Å². The highest BCUT2D eigenvalue weighted by Gasteiger charge is 2.29. The number of nitrogens with zero attached hydrogens (tertiary/aromatic N) is 1. The molecule has 1 heterocycles. The van der Waals surface area contributed by atoms with Crippen molar-refractivity contribution in [2.75, 3.05) is 32.6 Å². The largest absolute Gasteiger partial charge is 0.496 e. The Morgan fingerprint density at radius 2 is 1.93 bits per heavy atom. The van der Waals surface area contributed by atoms with Gasteiger partial charge < -0.3 is 20.7 Å². The Morgan fingerprint density at radius 3 is 2.71 bits per heavy atom. The summed E-state index contributed by atoms with van der Waals surface area (Å²) in [6.45, 7) is 2.42. The molecular weight excluding hydrogens is 352 g/mol. The molecule has 0 bridgehead atoms. The second-order valence-electron chi connectivity index (χ2n) is 7.11.